The molecule has 3 aliphatic heterocycles. The van der Waals surface area contributed by atoms with E-state index in [1.807, 2.05) is 143 Å². The number of halogens is 1. The number of nitrogens with one attached hydrogen (secondary N) is 2. The molecule has 5 N–H and O–H groups in total. The van der Waals surface area contributed by atoms with Crippen molar-refractivity contribution in [2.75, 3.05) is 46.3 Å². The molecule has 97 heavy (non-hydrogen) atoms. The van der Waals surface area contributed by atoms with Crippen molar-refractivity contribution in [3.63, 3.8) is 0 Å². The van der Waals surface area contributed by atoms with Crippen LogP contribution in [0.2, 0.25) is 0 Å². The number of hydrogen-bond acceptors (Lipinski definition) is 15. The number of benzene rings is 6. The van der Waals surface area contributed by atoms with E-state index in [-0.39, 0.29) is 91.2 Å². The van der Waals surface area contributed by atoms with Crippen LogP contribution in [0.15, 0.2) is 127 Å². The third-order valence-corrected chi connectivity index (χ3v) is 15.9. The van der Waals surface area contributed by atoms with Crippen LogP contribution in [-0.4, -0.2) is 165 Å². The van der Waals surface area contributed by atoms with Gasteiger partial charge in [-0.05, 0) is 218 Å². The Morgan fingerprint density at radius 1 is 0.619 bits per heavy atom. The summed E-state index contributed by atoms with van der Waals surface area (Å²) in [6.07, 6.45) is 1.95. The van der Waals surface area contributed by atoms with E-state index in [1.54, 1.807) is 82.6 Å². The first kappa shape index (κ1) is 73.3. The second kappa shape index (κ2) is 32.9. The quantitative estimate of drug-likeness (QED) is 0.103. The molecule has 3 aromatic heterocycles. The number of carboxylic acid groups (broad SMARTS) is 1. The molecule has 3 atom stereocenters. The summed E-state index contributed by atoms with van der Waals surface area (Å²) < 4.78 is 28.1. The zero-order valence-corrected chi connectivity index (χ0v) is 60.9. The van der Waals surface area contributed by atoms with Gasteiger partial charge < -0.3 is 45.6 Å². The number of hydrogen-bond donors (Lipinski definition) is 4. The van der Waals surface area contributed by atoms with Crippen molar-refractivity contribution in [2.24, 2.45) is 5.73 Å². The maximum atomic E-state index is 12.8. The van der Waals surface area contributed by atoms with Crippen molar-refractivity contribution in [3.8, 4) is 35.3 Å². The number of aromatic nitrogens is 6. The Morgan fingerprint density at radius 3 is 1.35 bits per heavy atom. The largest absolute Gasteiger partial charge is 0.478 e. The minimum atomic E-state index is -0.951. The Morgan fingerprint density at radius 2 is 1.00 bits per heavy atom. The predicted molar refractivity (Wildman–Crippen MR) is 372 cm³/mol. The van der Waals surface area contributed by atoms with Gasteiger partial charge in [0.2, 0.25) is 0 Å². The summed E-state index contributed by atoms with van der Waals surface area (Å²) in [5, 5.41) is 42.4. The van der Waals surface area contributed by atoms with Gasteiger partial charge in [0.1, 0.15) is 28.7 Å². The summed E-state index contributed by atoms with van der Waals surface area (Å²) in [6, 6.07) is 44.4. The molecule has 6 aromatic carbocycles. The maximum Gasteiger partial charge on any atom is 0.410 e. The Kier molecular flexibility index (Phi) is 24.9. The van der Waals surface area contributed by atoms with Crippen molar-refractivity contribution in [1.82, 2.24) is 54.0 Å². The number of amides is 4. The number of likely N-dealkylation sites (tertiary alicyclic amines) is 2. The fourth-order valence-electron chi connectivity index (χ4n) is 11.3. The van der Waals surface area contributed by atoms with Crippen molar-refractivity contribution < 1.29 is 69.7 Å². The number of nitriles is 3. The van der Waals surface area contributed by atoms with Crippen LogP contribution in [-0.2, 0) is 9.47 Å². The molecule has 0 unspecified atom stereocenters. The molecule has 4 amide bonds. The summed E-state index contributed by atoms with van der Waals surface area (Å²) in [5.74, 6) is 1.33. The molecule has 12 rings (SSSR count). The van der Waals surface area contributed by atoms with Gasteiger partial charge in [-0.1, -0.05) is 0 Å². The van der Waals surface area contributed by atoms with E-state index >= 15 is 0 Å². The van der Waals surface area contributed by atoms with Gasteiger partial charge in [-0.15, -0.1) is 12.4 Å². The zero-order chi connectivity index (χ0) is 70.5. The Bertz CT molecular complexity index is 4470. The third kappa shape index (κ3) is 18.9. The SMILES string of the molecule is CC(C)(C)OC(=O)N1CC[C@@H](N)C1.Cc1nc2cc(C#N)ccc2n1-c1ccc(C(=O)N(C)[C@@H]2CCNC2)cc1.Cc1nc2cc(C#N)ccc2n1-c1ccc(C(=O)N[C@@H]2CCN(C(=O)OC(C)(C)C)C2)cc1.Cc1nc2cc(C#N)ccc2n1-c1ccc(C(=O)O)cc1.Cl.[3H][B][3H].[U]. The second-order valence-electron chi connectivity index (χ2n) is 25.3. The molecule has 0 bridgehead atoms. The number of imidazole rings is 3. The number of carboxylic acids is 1. The number of likely N-dealkylation sites (N-methyl/N-ethyl adjacent to an activating group) is 1. The third-order valence-electron chi connectivity index (χ3n) is 15.9. The van der Waals surface area contributed by atoms with E-state index in [4.69, 9.17) is 38.8 Å². The van der Waals surface area contributed by atoms with Gasteiger partial charge in [0, 0.05) is 117 Å². The van der Waals surface area contributed by atoms with Crippen LogP contribution in [0.25, 0.3) is 50.2 Å². The fraction of sp³-hybridized carbons (Fsp3) is 0.338. The first-order valence-electron chi connectivity index (χ1n) is 32.1. The molecule has 1 radical (unpaired) electrons. The molecule has 3 fully saturated rings. The summed E-state index contributed by atoms with van der Waals surface area (Å²) in [5.41, 5.74) is 15.6. The number of aryl methyl sites for hydroxylation is 3. The topological polar surface area (TPSA) is 309 Å². The number of carbonyl (C=O) groups is 5. The molecule has 3 aliphatic rings. The number of rotatable bonds is 8. The molecule has 0 spiro atoms. The molecule has 23 nitrogen and oxygen atoms in total. The number of ether oxygens (including phenoxy) is 2. The van der Waals surface area contributed by atoms with Gasteiger partial charge in [0.15, 0.2) is 0 Å². The normalized spacial score (nSPS) is 15.6. The summed E-state index contributed by atoms with van der Waals surface area (Å²) in [7, 11) is 2.37. The molecular formula is C71H80BClN15O8U. The van der Waals surface area contributed by atoms with E-state index < -0.39 is 17.2 Å². The van der Waals surface area contributed by atoms with Crippen LogP contribution in [0.5, 0.6) is 0 Å². The van der Waals surface area contributed by atoms with Crippen LogP contribution in [0.3, 0.4) is 0 Å². The van der Waals surface area contributed by atoms with Crippen LogP contribution in [0.4, 0.5) is 9.59 Å². The van der Waals surface area contributed by atoms with E-state index in [2.05, 4.69) is 43.8 Å². The second-order valence-corrected chi connectivity index (χ2v) is 25.3. The van der Waals surface area contributed by atoms with Gasteiger partial charge in [-0.25, -0.2) is 29.3 Å². The molecule has 9 aromatic rings. The molecule has 0 saturated carbocycles. The standard InChI is InChI=1S/C25H27N5O3.C21H21N5O.C16H11N3O2.C9H18N2O2.BH2.ClH.U/c1-16-27-21-13-17(14-26)5-10-22(21)30(16)20-8-6-18(7-9-20)23(31)28-19-11-12-29(15-19)24(32)33-25(2,3)4;1-14-24-19-11-15(12-22)3-8-20(19)26(14)17-6-4-16(5-7-17)21(27)25(2)18-9-10-23-13-18;1-10-18-14-8-11(9-17)2-7-15(14)19(10)13-5-3-12(4-6-13)16(20)21;1-9(2,3)13-8(12)11-5-4-7(10)6-11;;;/h5-10,13,19H,11-12,15H2,1-4H3,(H,28,31);3-8,11,18,23H,9-10,13H2,1-2H3;2-8H,1H3,(H,20,21);7H,4-6,10H2,1-3H3;1H2;1H;/t19-;18-;;7-;;;/m11.1.../s1/i;;;;1T2;;. The van der Waals surface area contributed by atoms with Gasteiger partial charge in [-0.2, -0.15) is 15.8 Å². The molecule has 26 heteroatoms. The van der Waals surface area contributed by atoms with Crippen molar-refractivity contribution >= 4 is 83.8 Å². The Hall–Kier alpha value is -9.52. The van der Waals surface area contributed by atoms with E-state index in [1.165, 1.54) is 0 Å². The van der Waals surface area contributed by atoms with Crippen molar-refractivity contribution in [3.05, 3.63) is 178 Å². The summed E-state index contributed by atoms with van der Waals surface area (Å²) >= 11 is 0. The first-order chi connectivity index (χ1) is 46.1. The molecule has 3 saturated heterocycles. The summed E-state index contributed by atoms with van der Waals surface area (Å²) in [4.78, 5) is 78.8. The van der Waals surface area contributed by atoms with Gasteiger partial charge in [0.25, 0.3) is 11.8 Å². The molecule has 0 aliphatic carbocycles. The minimum Gasteiger partial charge on any atom is -0.478 e. The number of nitrogens with zero attached hydrogens (tertiary/aromatic N) is 12. The predicted octanol–water partition coefficient (Wildman–Crippen LogP) is 9.95. The van der Waals surface area contributed by atoms with Crippen molar-refractivity contribution in [2.45, 2.75) is 111 Å². The minimum absolute atomic E-state index is 0. The molecule has 501 valence electrons. The number of fused-ring (bicyclic) bond motifs is 3. The van der Waals surface area contributed by atoms with Crippen molar-refractivity contribution in [1.29, 1.82) is 18.5 Å². The number of carbonyl (C=O) groups excluding carboxylic acids is 4. The van der Waals surface area contributed by atoms with Gasteiger partial charge in [0.05, 0.1) is 81.9 Å². The average molecular weight is 1560 g/mol. The van der Waals surface area contributed by atoms with Crippen LogP contribution < -0.4 is 16.4 Å². The Labute approximate surface area is 598 Å². The van der Waals surface area contributed by atoms with Crippen LogP contribution in [0.1, 0.15) is 126 Å². The summed E-state index contributed by atoms with van der Waals surface area (Å²) in [6.45, 7) is 20.9. The monoisotopic (exact) mass is 1560 g/mol. The number of aromatic carboxylic acids is 1. The average Bonchev–Trinajstić information content (AvgIpc) is 1.66. The van der Waals surface area contributed by atoms with Crippen LogP contribution >= 0.6 is 12.4 Å². The molecular weight excluding hydrogens is 1480 g/mol. The molecule has 6 heterocycles. The zero-order valence-electron chi connectivity index (χ0n) is 58.0. The maximum absolute atomic E-state index is 12.8. The fourth-order valence-corrected chi connectivity index (χ4v) is 11.3. The van der Waals surface area contributed by atoms with E-state index in [0.717, 1.165) is 100 Å². The van der Waals surface area contributed by atoms with Gasteiger partial charge >= 0.3 is 18.2 Å². The first-order valence-corrected chi connectivity index (χ1v) is 30.9. The van der Waals surface area contributed by atoms with Gasteiger partial charge in [-0.3, -0.25) is 23.3 Å². The van der Waals surface area contributed by atoms with Crippen LogP contribution in [0, 0.1) is 85.9 Å². The van der Waals surface area contributed by atoms with E-state index in [0.29, 0.717) is 62.2 Å². The smallest absolute Gasteiger partial charge is 0.410 e. The number of nitrogens with two attached hydrogens (primary N) is 1. The van der Waals surface area contributed by atoms with E-state index in [9.17, 15) is 24.0 Å². The Balaban J connectivity index is 0.000000212.